The summed E-state index contributed by atoms with van der Waals surface area (Å²) in [5, 5.41) is 2.76. The van der Waals surface area contributed by atoms with Crippen molar-refractivity contribution in [2.45, 2.75) is 52.0 Å². The van der Waals surface area contributed by atoms with Crippen molar-refractivity contribution in [3.63, 3.8) is 0 Å². The van der Waals surface area contributed by atoms with E-state index in [2.05, 4.69) is 18.8 Å². The van der Waals surface area contributed by atoms with Crippen LogP contribution in [-0.4, -0.2) is 28.9 Å². The van der Waals surface area contributed by atoms with Gasteiger partial charge in [0.1, 0.15) is 10.7 Å². The van der Waals surface area contributed by atoms with Gasteiger partial charge in [-0.1, -0.05) is 26.7 Å². The minimum atomic E-state index is -0.0261. The molecule has 0 aromatic carbocycles. The van der Waals surface area contributed by atoms with Gasteiger partial charge in [-0.25, -0.2) is 4.98 Å². The Bertz CT molecular complexity index is 446. The summed E-state index contributed by atoms with van der Waals surface area (Å²) < 4.78 is 0. The second-order valence-electron chi connectivity index (χ2n) is 5.82. The maximum atomic E-state index is 12.4. The van der Waals surface area contributed by atoms with Crippen LogP contribution in [0.25, 0.3) is 0 Å². The number of likely N-dealkylation sites (tertiary alicyclic amines) is 1. The molecule has 2 rings (SSSR count). The first-order valence-electron chi connectivity index (χ1n) is 7.62. The van der Waals surface area contributed by atoms with E-state index < -0.39 is 0 Å². The molecule has 1 fully saturated rings. The van der Waals surface area contributed by atoms with Crippen LogP contribution in [0.4, 0.5) is 0 Å². The maximum Gasteiger partial charge on any atom is 0.273 e. The van der Waals surface area contributed by atoms with Crippen LogP contribution >= 0.6 is 11.3 Å². The fraction of sp³-hybridized carbons (Fsp3) is 0.733. The van der Waals surface area contributed by atoms with Crippen LogP contribution in [0.1, 0.15) is 67.5 Å². The third-order valence-corrected chi connectivity index (χ3v) is 4.85. The van der Waals surface area contributed by atoms with Crippen molar-refractivity contribution in [2.24, 2.45) is 11.7 Å². The number of aromatic nitrogens is 1. The zero-order valence-corrected chi connectivity index (χ0v) is 13.3. The normalized spacial score (nSPS) is 20.9. The van der Waals surface area contributed by atoms with Gasteiger partial charge >= 0.3 is 0 Å². The number of unbranched alkanes of at least 4 members (excludes halogenated alkanes) is 1. The summed E-state index contributed by atoms with van der Waals surface area (Å²) in [6, 6.07) is -0.0261. The Kier molecular flexibility index (Phi) is 5.54. The van der Waals surface area contributed by atoms with E-state index in [4.69, 9.17) is 5.73 Å². The monoisotopic (exact) mass is 295 g/mol. The summed E-state index contributed by atoms with van der Waals surface area (Å²) >= 11 is 1.52. The number of carbonyl (C=O) groups excluding carboxylic acids is 1. The Balaban J connectivity index is 1.98. The van der Waals surface area contributed by atoms with Crippen molar-refractivity contribution >= 4 is 17.2 Å². The number of thiazole rings is 1. The van der Waals surface area contributed by atoms with Crippen LogP contribution in [0.3, 0.4) is 0 Å². The molecule has 0 bridgehead atoms. The summed E-state index contributed by atoms with van der Waals surface area (Å²) in [6.07, 6.45) is 5.50. The molecule has 2 heterocycles. The largest absolute Gasteiger partial charge is 0.337 e. The second-order valence-corrected chi connectivity index (χ2v) is 6.71. The lowest BCUT2D eigenvalue weighted by Gasteiger charge is -2.30. The topological polar surface area (TPSA) is 59.2 Å². The summed E-state index contributed by atoms with van der Waals surface area (Å²) in [7, 11) is 0. The van der Waals surface area contributed by atoms with E-state index in [1.807, 2.05) is 10.3 Å². The van der Waals surface area contributed by atoms with Crippen LogP contribution in [0.5, 0.6) is 0 Å². The molecule has 2 N–H and O–H groups in total. The van der Waals surface area contributed by atoms with Crippen LogP contribution in [-0.2, 0) is 0 Å². The molecule has 1 aromatic rings. The van der Waals surface area contributed by atoms with Gasteiger partial charge in [-0.05, 0) is 25.2 Å². The maximum absolute atomic E-state index is 12.4. The zero-order valence-electron chi connectivity index (χ0n) is 12.5. The first-order valence-corrected chi connectivity index (χ1v) is 8.50. The quantitative estimate of drug-likeness (QED) is 0.907. The number of hydrogen-bond acceptors (Lipinski definition) is 4. The fourth-order valence-electron chi connectivity index (χ4n) is 2.64. The van der Waals surface area contributed by atoms with E-state index in [-0.39, 0.29) is 11.9 Å². The third kappa shape index (κ3) is 3.79. The van der Waals surface area contributed by atoms with Gasteiger partial charge in [-0.2, -0.15) is 0 Å². The molecule has 5 heteroatoms. The molecule has 0 radical (unpaired) electrons. The van der Waals surface area contributed by atoms with Crippen LogP contribution in [0.15, 0.2) is 5.38 Å². The molecule has 0 saturated carbocycles. The molecular formula is C15H25N3OS. The Morgan fingerprint density at radius 1 is 1.65 bits per heavy atom. The van der Waals surface area contributed by atoms with E-state index in [0.29, 0.717) is 11.6 Å². The minimum absolute atomic E-state index is 0.0261. The van der Waals surface area contributed by atoms with Crippen LogP contribution < -0.4 is 5.73 Å². The molecule has 1 aliphatic heterocycles. The second kappa shape index (κ2) is 7.18. The van der Waals surface area contributed by atoms with Crippen LogP contribution in [0.2, 0.25) is 0 Å². The molecular weight excluding hydrogens is 270 g/mol. The number of piperidine rings is 1. The highest BCUT2D eigenvalue weighted by molar-refractivity contribution is 7.09. The minimum Gasteiger partial charge on any atom is -0.337 e. The van der Waals surface area contributed by atoms with Gasteiger partial charge in [0, 0.05) is 18.5 Å². The molecule has 1 aliphatic rings. The van der Waals surface area contributed by atoms with E-state index in [1.165, 1.54) is 17.8 Å². The lowest BCUT2D eigenvalue weighted by Crippen LogP contribution is -2.39. The smallest absolute Gasteiger partial charge is 0.273 e. The van der Waals surface area contributed by atoms with E-state index in [1.54, 1.807) is 0 Å². The van der Waals surface area contributed by atoms with E-state index >= 15 is 0 Å². The van der Waals surface area contributed by atoms with Gasteiger partial charge in [-0.15, -0.1) is 11.3 Å². The molecule has 0 spiro atoms. The molecule has 1 saturated heterocycles. The highest BCUT2D eigenvalue weighted by atomic mass is 32.1. The first kappa shape index (κ1) is 15.4. The molecule has 0 aliphatic carbocycles. The number of rotatable bonds is 5. The van der Waals surface area contributed by atoms with Crippen molar-refractivity contribution < 1.29 is 4.79 Å². The molecule has 112 valence electrons. The third-order valence-electron chi connectivity index (χ3n) is 3.87. The first-order chi connectivity index (χ1) is 9.61. The van der Waals surface area contributed by atoms with Crippen molar-refractivity contribution in [1.82, 2.24) is 9.88 Å². The molecule has 4 nitrogen and oxygen atoms in total. The predicted octanol–water partition coefficient (Wildman–Crippen LogP) is 3.21. The Labute approximate surface area is 125 Å². The highest BCUT2D eigenvalue weighted by Crippen LogP contribution is 2.23. The summed E-state index contributed by atoms with van der Waals surface area (Å²) in [6.45, 7) is 6.07. The van der Waals surface area contributed by atoms with Crippen molar-refractivity contribution in [3.8, 4) is 0 Å². The predicted molar refractivity (Wildman–Crippen MR) is 82.9 cm³/mol. The van der Waals surface area contributed by atoms with E-state index in [9.17, 15) is 4.79 Å². The summed E-state index contributed by atoms with van der Waals surface area (Å²) in [5.41, 5.74) is 6.69. The number of nitrogens with two attached hydrogens (primary N) is 1. The van der Waals surface area contributed by atoms with Gasteiger partial charge in [0.15, 0.2) is 0 Å². The van der Waals surface area contributed by atoms with Crippen LogP contribution in [0, 0.1) is 5.92 Å². The molecule has 1 amide bonds. The Hall–Kier alpha value is -0.940. The van der Waals surface area contributed by atoms with Gasteiger partial charge < -0.3 is 10.6 Å². The van der Waals surface area contributed by atoms with Gasteiger partial charge in [0.05, 0.1) is 6.04 Å². The summed E-state index contributed by atoms with van der Waals surface area (Å²) in [5.74, 6) is 0.666. The molecule has 2 atom stereocenters. The highest BCUT2D eigenvalue weighted by Gasteiger charge is 2.24. The van der Waals surface area contributed by atoms with E-state index in [0.717, 1.165) is 43.8 Å². The fourth-order valence-corrected chi connectivity index (χ4v) is 3.47. The average Bonchev–Trinajstić information content (AvgIpc) is 2.93. The zero-order chi connectivity index (χ0) is 14.5. The van der Waals surface area contributed by atoms with Gasteiger partial charge in [-0.3, -0.25) is 4.79 Å². The molecule has 20 heavy (non-hydrogen) atoms. The summed E-state index contributed by atoms with van der Waals surface area (Å²) in [4.78, 5) is 18.8. The number of carbonyl (C=O) groups is 1. The van der Waals surface area contributed by atoms with Gasteiger partial charge in [0.25, 0.3) is 5.91 Å². The SMILES string of the molecule is CCCCC(N)c1nc(C(=O)N2CCCC(C)C2)cs1. The number of hydrogen-bond donors (Lipinski definition) is 1. The van der Waals surface area contributed by atoms with Crippen molar-refractivity contribution in [1.29, 1.82) is 0 Å². The van der Waals surface area contributed by atoms with Crippen molar-refractivity contribution in [3.05, 3.63) is 16.1 Å². The molecule has 1 aromatic heterocycles. The number of amides is 1. The Morgan fingerprint density at radius 2 is 2.45 bits per heavy atom. The molecule has 2 unspecified atom stereocenters. The Morgan fingerprint density at radius 3 is 3.15 bits per heavy atom. The lowest BCUT2D eigenvalue weighted by molar-refractivity contribution is 0.0677. The number of nitrogens with zero attached hydrogens (tertiary/aromatic N) is 2. The van der Waals surface area contributed by atoms with Gasteiger partial charge in [0.2, 0.25) is 0 Å². The van der Waals surface area contributed by atoms with Crippen molar-refractivity contribution in [2.75, 3.05) is 13.1 Å². The lowest BCUT2D eigenvalue weighted by atomic mass is 10.0. The standard InChI is InChI=1S/C15H25N3OS/c1-3-4-7-12(16)14-17-13(10-20-14)15(19)18-8-5-6-11(2)9-18/h10-12H,3-9,16H2,1-2H3. The average molecular weight is 295 g/mol.